The van der Waals surface area contributed by atoms with Crippen molar-refractivity contribution in [3.8, 4) is 0 Å². The SMILES string of the molecule is O=S(=O)([O-])C(F)(F)[I-](F)(c1ccccc1)c1ccc2c(c1)CCC2. The summed E-state index contributed by atoms with van der Waals surface area (Å²) in [6.45, 7) is 0. The van der Waals surface area contributed by atoms with Crippen LogP contribution >= 0.6 is 0 Å². The van der Waals surface area contributed by atoms with Crippen molar-refractivity contribution < 1.29 is 43.6 Å². The van der Waals surface area contributed by atoms with E-state index in [1.54, 1.807) is 6.07 Å². The van der Waals surface area contributed by atoms with Gasteiger partial charge < -0.3 is 0 Å². The van der Waals surface area contributed by atoms with Gasteiger partial charge in [0.2, 0.25) is 0 Å². The van der Waals surface area contributed by atoms with Gasteiger partial charge in [0.05, 0.1) is 0 Å². The van der Waals surface area contributed by atoms with Crippen LogP contribution in [0.4, 0.5) is 11.6 Å². The van der Waals surface area contributed by atoms with E-state index >= 15 is 2.86 Å². The van der Waals surface area contributed by atoms with Crippen molar-refractivity contribution in [3.63, 3.8) is 0 Å². The summed E-state index contributed by atoms with van der Waals surface area (Å²) in [5, 5.41) is 0. The molecule has 1 unspecified atom stereocenters. The number of hydrogen-bond donors (Lipinski definition) is 0. The molecule has 0 fully saturated rings. The fraction of sp³-hybridized carbons (Fsp3) is 0.250. The van der Waals surface area contributed by atoms with Crippen molar-refractivity contribution in [2.24, 2.45) is 0 Å². The molecule has 0 spiro atoms. The van der Waals surface area contributed by atoms with E-state index < -0.39 is 36.0 Å². The normalized spacial score (nSPS) is 18.7. The average Bonchev–Trinajstić information content (AvgIpc) is 3.01. The monoisotopic (exact) mass is 470 g/mol. The Kier molecular flexibility index (Phi) is 4.42. The van der Waals surface area contributed by atoms with E-state index in [0.717, 1.165) is 36.1 Å². The van der Waals surface area contributed by atoms with Crippen LogP contribution in [0.15, 0.2) is 48.5 Å². The predicted molar refractivity (Wildman–Crippen MR) is 78.1 cm³/mol. The van der Waals surface area contributed by atoms with Gasteiger partial charge in [0, 0.05) is 0 Å². The molecule has 0 aromatic heterocycles. The van der Waals surface area contributed by atoms with Crippen LogP contribution in [0, 0.1) is 7.14 Å². The van der Waals surface area contributed by atoms with Crippen molar-refractivity contribution in [2.45, 2.75) is 22.5 Å². The molecule has 2 aromatic carbocycles. The third kappa shape index (κ3) is 2.64. The molecule has 0 bridgehead atoms. The Morgan fingerprint density at radius 3 is 2.21 bits per heavy atom. The molecule has 1 atom stereocenters. The number of halogens is 4. The van der Waals surface area contributed by atoms with Crippen molar-refractivity contribution in [1.82, 2.24) is 0 Å². The van der Waals surface area contributed by atoms with Crippen LogP contribution in [0.25, 0.3) is 0 Å². The first kappa shape index (κ1) is 17.7. The zero-order valence-electron chi connectivity index (χ0n) is 12.4. The summed E-state index contributed by atoms with van der Waals surface area (Å²) in [6.07, 6.45) is 2.25. The standard InChI is InChI=1S/C16H15F3IO3S/c17-16(18,24(21,22)23)20(19,14-7-2-1-3-8-14)15-10-9-12-5-4-6-13(12)11-15/h1-3,7-11H,4-6H2,(H,21,22,23)/q-1/p-1. The van der Waals surface area contributed by atoms with Crippen molar-refractivity contribution in [3.05, 3.63) is 66.8 Å². The second-order valence-corrected chi connectivity index (χ2v) is 14.3. The van der Waals surface area contributed by atoms with Gasteiger partial charge >= 0.3 is 143 Å². The Bertz CT molecular complexity index is 871. The molecule has 1 aliphatic rings. The molecular weight excluding hydrogens is 456 g/mol. The second-order valence-electron chi connectivity index (χ2n) is 5.46. The molecule has 3 nitrogen and oxygen atoms in total. The molecule has 132 valence electrons. The quantitative estimate of drug-likeness (QED) is 0.369. The first-order valence-electron chi connectivity index (χ1n) is 7.15. The van der Waals surface area contributed by atoms with Crippen LogP contribution in [0.3, 0.4) is 0 Å². The molecule has 8 heteroatoms. The van der Waals surface area contributed by atoms with Crippen LogP contribution in [0.1, 0.15) is 17.5 Å². The van der Waals surface area contributed by atoms with Gasteiger partial charge in [-0.3, -0.25) is 0 Å². The fourth-order valence-electron chi connectivity index (χ4n) is 2.80. The van der Waals surface area contributed by atoms with E-state index in [1.165, 1.54) is 30.3 Å². The summed E-state index contributed by atoms with van der Waals surface area (Å²) in [4.78, 5) is 0. The molecule has 2 aromatic rings. The summed E-state index contributed by atoms with van der Waals surface area (Å²) in [7, 11) is -6.15. The summed E-state index contributed by atoms with van der Waals surface area (Å²) < 4.78 is 72.7. The van der Waals surface area contributed by atoms with Gasteiger partial charge in [-0.15, -0.1) is 0 Å². The fourth-order valence-corrected chi connectivity index (χ4v) is 11.5. The third-order valence-electron chi connectivity index (χ3n) is 3.98. The molecule has 0 heterocycles. The van der Waals surface area contributed by atoms with E-state index in [0.29, 0.717) is 6.42 Å². The van der Waals surface area contributed by atoms with E-state index in [2.05, 4.69) is 0 Å². The van der Waals surface area contributed by atoms with E-state index in [9.17, 15) is 21.8 Å². The van der Waals surface area contributed by atoms with Gasteiger partial charge in [-0.25, -0.2) is 0 Å². The summed E-state index contributed by atoms with van der Waals surface area (Å²) >= 11 is -6.20. The summed E-state index contributed by atoms with van der Waals surface area (Å²) in [5.74, 6) is 0. The van der Waals surface area contributed by atoms with E-state index in [4.69, 9.17) is 0 Å². The molecule has 0 aliphatic heterocycles. The molecule has 0 saturated carbocycles. The van der Waals surface area contributed by atoms with Crippen LogP contribution in [-0.2, 0) is 23.0 Å². The van der Waals surface area contributed by atoms with Gasteiger partial charge in [-0.1, -0.05) is 0 Å². The topological polar surface area (TPSA) is 57.2 Å². The number of fused-ring (bicyclic) bond motifs is 1. The Balaban J connectivity index is 2.28. The van der Waals surface area contributed by atoms with Crippen LogP contribution in [-0.4, -0.2) is 16.2 Å². The average molecular weight is 470 g/mol. The van der Waals surface area contributed by atoms with Gasteiger partial charge in [-0.2, -0.15) is 0 Å². The molecule has 0 amide bonds. The number of alkyl halides is 3. The Morgan fingerprint density at radius 2 is 1.58 bits per heavy atom. The summed E-state index contributed by atoms with van der Waals surface area (Å²) in [6, 6.07) is 10.6. The van der Waals surface area contributed by atoms with Gasteiger partial charge in [0.15, 0.2) is 0 Å². The molecule has 0 N–H and O–H groups in total. The van der Waals surface area contributed by atoms with Gasteiger partial charge in [-0.05, 0) is 0 Å². The molecule has 1 aliphatic carbocycles. The van der Waals surface area contributed by atoms with Crippen molar-refractivity contribution >= 4 is 10.1 Å². The molecule has 3 rings (SSSR count). The zero-order valence-corrected chi connectivity index (χ0v) is 15.4. The molecular formula is C16H14F3IO3S-2. The number of aryl methyl sites for hydroxylation is 2. The number of hydrogen-bond acceptors (Lipinski definition) is 3. The van der Waals surface area contributed by atoms with Crippen molar-refractivity contribution in [2.75, 3.05) is 0 Å². The Hall–Kier alpha value is -1.13. The van der Waals surface area contributed by atoms with Crippen molar-refractivity contribution in [1.29, 1.82) is 0 Å². The minimum absolute atomic E-state index is 0.349. The van der Waals surface area contributed by atoms with Gasteiger partial charge in [0.1, 0.15) is 0 Å². The second kappa shape index (κ2) is 5.99. The maximum absolute atomic E-state index is 15.8. The molecule has 0 saturated heterocycles. The van der Waals surface area contributed by atoms with E-state index in [1.807, 2.05) is 0 Å². The van der Waals surface area contributed by atoms with Crippen LogP contribution < -0.4 is 19.0 Å². The first-order valence-corrected chi connectivity index (χ1v) is 12.6. The first-order chi connectivity index (χ1) is 11.2. The minimum atomic E-state index is -6.20. The van der Waals surface area contributed by atoms with Gasteiger partial charge in [0.25, 0.3) is 0 Å². The maximum atomic E-state index is 15.8. The zero-order chi connectivity index (χ0) is 17.6. The Morgan fingerprint density at radius 1 is 0.958 bits per heavy atom. The predicted octanol–water partition coefficient (Wildman–Crippen LogP) is 0.355. The van der Waals surface area contributed by atoms with E-state index in [-0.39, 0.29) is 3.57 Å². The molecule has 0 radical (unpaired) electrons. The van der Waals surface area contributed by atoms with Crippen LogP contribution in [0.2, 0.25) is 0 Å². The number of rotatable bonds is 4. The number of benzene rings is 2. The Labute approximate surface area is 142 Å². The summed E-state index contributed by atoms with van der Waals surface area (Å²) in [5.41, 5.74) is 1.69. The molecule has 24 heavy (non-hydrogen) atoms. The third-order valence-corrected chi connectivity index (χ3v) is 14.1. The van der Waals surface area contributed by atoms with Crippen LogP contribution in [0.5, 0.6) is 0 Å².